The highest BCUT2D eigenvalue weighted by atomic mass is 35.5. The third-order valence-corrected chi connectivity index (χ3v) is 2.36. The monoisotopic (exact) mass is 257 g/mol. The molecule has 0 bridgehead atoms. The fraction of sp³-hybridized carbons (Fsp3) is 0.417. The first-order valence-corrected chi connectivity index (χ1v) is 5.75. The zero-order valence-electron chi connectivity index (χ0n) is 9.74. The summed E-state index contributed by atoms with van der Waals surface area (Å²) in [5.74, 6) is 0.349. The van der Waals surface area contributed by atoms with Crippen LogP contribution in [0.4, 0.5) is 0 Å². The molecule has 0 atom stereocenters. The summed E-state index contributed by atoms with van der Waals surface area (Å²) in [4.78, 5) is 11.4. The van der Waals surface area contributed by atoms with Gasteiger partial charge in [0.05, 0.1) is 5.02 Å². The minimum absolute atomic E-state index is 0.0310. The number of para-hydroxylation sites is 1. The Balaban J connectivity index is 2.22. The molecular formula is C12H16ClNO3. The maximum absolute atomic E-state index is 11.4. The van der Waals surface area contributed by atoms with E-state index in [1.807, 2.05) is 0 Å². The van der Waals surface area contributed by atoms with Crippen LogP contribution in [0, 0.1) is 0 Å². The molecule has 0 unspecified atom stereocenters. The normalized spacial score (nSPS) is 10.0. The number of rotatable bonds is 7. The van der Waals surface area contributed by atoms with Gasteiger partial charge in [-0.05, 0) is 18.6 Å². The number of hydrogen-bond acceptors (Lipinski definition) is 3. The van der Waals surface area contributed by atoms with E-state index in [4.69, 9.17) is 21.1 Å². The van der Waals surface area contributed by atoms with E-state index in [9.17, 15) is 4.79 Å². The third kappa shape index (κ3) is 5.56. The molecule has 94 valence electrons. The quantitative estimate of drug-likeness (QED) is 0.759. The first-order chi connectivity index (χ1) is 8.24. The number of hydrogen-bond donors (Lipinski definition) is 1. The molecule has 1 N–H and O–H groups in total. The Bertz CT molecular complexity index is 357. The number of methoxy groups -OCH3 is 1. The maximum atomic E-state index is 11.4. The van der Waals surface area contributed by atoms with Gasteiger partial charge in [0.1, 0.15) is 5.75 Å². The molecule has 1 rings (SSSR count). The predicted molar refractivity (Wildman–Crippen MR) is 66.4 cm³/mol. The Morgan fingerprint density at radius 1 is 1.41 bits per heavy atom. The molecule has 5 heteroatoms. The third-order valence-electron chi connectivity index (χ3n) is 2.04. The zero-order valence-corrected chi connectivity index (χ0v) is 10.5. The molecule has 4 nitrogen and oxygen atoms in total. The molecule has 17 heavy (non-hydrogen) atoms. The van der Waals surface area contributed by atoms with Gasteiger partial charge in [0, 0.05) is 20.3 Å². The molecule has 0 saturated heterocycles. The lowest BCUT2D eigenvalue weighted by atomic mass is 10.3. The number of nitrogens with one attached hydrogen (secondary N) is 1. The highest BCUT2D eigenvalue weighted by Gasteiger charge is 2.04. The summed E-state index contributed by atoms with van der Waals surface area (Å²) in [5.41, 5.74) is 0. The molecule has 0 fully saturated rings. The van der Waals surface area contributed by atoms with E-state index >= 15 is 0 Å². The van der Waals surface area contributed by atoms with Crippen molar-refractivity contribution in [2.75, 3.05) is 26.9 Å². The van der Waals surface area contributed by atoms with Crippen molar-refractivity contribution in [3.8, 4) is 5.75 Å². The van der Waals surface area contributed by atoms with Crippen LogP contribution in [0.1, 0.15) is 6.42 Å². The molecule has 1 amide bonds. The van der Waals surface area contributed by atoms with Gasteiger partial charge < -0.3 is 14.8 Å². The second kappa shape index (κ2) is 7.92. The molecule has 0 radical (unpaired) electrons. The van der Waals surface area contributed by atoms with Crippen molar-refractivity contribution in [2.24, 2.45) is 0 Å². The van der Waals surface area contributed by atoms with Crippen molar-refractivity contribution in [3.63, 3.8) is 0 Å². The summed E-state index contributed by atoms with van der Waals surface area (Å²) in [7, 11) is 1.63. The molecule has 0 aliphatic heterocycles. The molecular weight excluding hydrogens is 242 g/mol. The minimum Gasteiger partial charge on any atom is -0.482 e. The van der Waals surface area contributed by atoms with Crippen molar-refractivity contribution in [1.82, 2.24) is 5.32 Å². The zero-order chi connectivity index (χ0) is 12.5. The SMILES string of the molecule is COCCCNC(=O)COc1ccccc1Cl. The van der Waals surface area contributed by atoms with E-state index in [0.717, 1.165) is 6.42 Å². The summed E-state index contributed by atoms with van der Waals surface area (Å²) < 4.78 is 10.1. The first-order valence-electron chi connectivity index (χ1n) is 5.37. The Morgan fingerprint density at radius 3 is 2.88 bits per heavy atom. The van der Waals surface area contributed by atoms with Crippen LogP contribution in [0.5, 0.6) is 5.75 Å². The first kappa shape index (κ1) is 13.8. The van der Waals surface area contributed by atoms with Crippen molar-refractivity contribution < 1.29 is 14.3 Å². The van der Waals surface area contributed by atoms with Crippen molar-refractivity contribution in [2.45, 2.75) is 6.42 Å². The van der Waals surface area contributed by atoms with E-state index < -0.39 is 0 Å². The molecule has 0 aliphatic carbocycles. The van der Waals surface area contributed by atoms with Gasteiger partial charge in [-0.25, -0.2) is 0 Å². The molecule has 0 spiro atoms. The minimum atomic E-state index is -0.166. The van der Waals surface area contributed by atoms with Crippen molar-refractivity contribution in [3.05, 3.63) is 29.3 Å². The Morgan fingerprint density at radius 2 is 2.18 bits per heavy atom. The largest absolute Gasteiger partial charge is 0.482 e. The number of benzene rings is 1. The maximum Gasteiger partial charge on any atom is 0.257 e. The average Bonchev–Trinajstić information content (AvgIpc) is 2.34. The fourth-order valence-electron chi connectivity index (χ4n) is 1.20. The van der Waals surface area contributed by atoms with E-state index in [0.29, 0.717) is 23.9 Å². The van der Waals surface area contributed by atoms with Gasteiger partial charge in [0.15, 0.2) is 6.61 Å². The smallest absolute Gasteiger partial charge is 0.257 e. The predicted octanol–water partition coefficient (Wildman–Crippen LogP) is 1.87. The molecule has 1 aromatic rings. The summed E-state index contributed by atoms with van der Waals surface area (Å²) in [6, 6.07) is 7.05. The highest BCUT2D eigenvalue weighted by Crippen LogP contribution is 2.22. The van der Waals surface area contributed by atoms with Crippen molar-refractivity contribution in [1.29, 1.82) is 0 Å². The van der Waals surface area contributed by atoms with E-state index in [1.54, 1.807) is 31.4 Å². The molecule has 0 heterocycles. The standard InChI is InChI=1S/C12H16ClNO3/c1-16-8-4-7-14-12(15)9-17-11-6-3-2-5-10(11)13/h2-3,5-6H,4,7-9H2,1H3,(H,14,15). The number of carbonyl (C=O) groups excluding carboxylic acids is 1. The van der Waals surface area contributed by atoms with Gasteiger partial charge >= 0.3 is 0 Å². The lowest BCUT2D eigenvalue weighted by molar-refractivity contribution is -0.123. The van der Waals surface area contributed by atoms with Gasteiger partial charge in [-0.2, -0.15) is 0 Å². The number of amides is 1. The Kier molecular flexibility index (Phi) is 6.43. The van der Waals surface area contributed by atoms with Crippen molar-refractivity contribution >= 4 is 17.5 Å². The lowest BCUT2D eigenvalue weighted by Gasteiger charge is -2.08. The summed E-state index contributed by atoms with van der Waals surface area (Å²) in [5, 5.41) is 3.22. The molecule has 1 aromatic carbocycles. The van der Waals surface area contributed by atoms with Crippen LogP contribution in [0.15, 0.2) is 24.3 Å². The number of carbonyl (C=O) groups is 1. The van der Waals surface area contributed by atoms with Crippen LogP contribution in [-0.4, -0.2) is 32.8 Å². The summed E-state index contributed by atoms with van der Waals surface area (Å²) >= 11 is 5.88. The van der Waals surface area contributed by atoms with Crippen LogP contribution < -0.4 is 10.1 Å². The van der Waals surface area contributed by atoms with E-state index in [2.05, 4.69) is 5.32 Å². The molecule has 0 aromatic heterocycles. The van der Waals surface area contributed by atoms with Crippen LogP contribution in [0.3, 0.4) is 0 Å². The van der Waals surface area contributed by atoms with E-state index in [1.165, 1.54) is 0 Å². The highest BCUT2D eigenvalue weighted by molar-refractivity contribution is 6.32. The molecule has 0 aliphatic rings. The summed E-state index contributed by atoms with van der Waals surface area (Å²) in [6.07, 6.45) is 0.786. The van der Waals surface area contributed by atoms with Crippen LogP contribution in [0.2, 0.25) is 5.02 Å². The lowest BCUT2D eigenvalue weighted by Crippen LogP contribution is -2.30. The number of ether oxygens (including phenoxy) is 2. The Hall–Kier alpha value is -1.26. The number of halogens is 1. The van der Waals surface area contributed by atoms with Crippen LogP contribution in [-0.2, 0) is 9.53 Å². The van der Waals surface area contributed by atoms with Gasteiger partial charge in [-0.1, -0.05) is 23.7 Å². The van der Waals surface area contributed by atoms with E-state index in [-0.39, 0.29) is 12.5 Å². The van der Waals surface area contributed by atoms with Gasteiger partial charge in [0.2, 0.25) is 0 Å². The second-order valence-corrected chi connectivity index (χ2v) is 3.82. The fourth-order valence-corrected chi connectivity index (χ4v) is 1.39. The second-order valence-electron chi connectivity index (χ2n) is 3.42. The Labute approximate surface area is 106 Å². The van der Waals surface area contributed by atoms with Gasteiger partial charge in [-0.15, -0.1) is 0 Å². The van der Waals surface area contributed by atoms with Crippen LogP contribution >= 0.6 is 11.6 Å². The molecule has 0 saturated carbocycles. The topological polar surface area (TPSA) is 47.6 Å². The summed E-state index contributed by atoms with van der Waals surface area (Å²) in [6.45, 7) is 1.18. The van der Waals surface area contributed by atoms with Gasteiger partial charge in [-0.3, -0.25) is 4.79 Å². The average molecular weight is 258 g/mol. The van der Waals surface area contributed by atoms with Crippen LogP contribution in [0.25, 0.3) is 0 Å². The van der Waals surface area contributed by atoms with Gasteiger partial charge in [0.25, 0.3) is 5.91 Å².